The Balaban J connectivity index is 0.000000196. The number of benzene rings is 4. The van der Waals surface area contributed by atoms with E-state index in [1.54, 1.807) is 0 Å². The van der Waals surface area contributed by atoms with Gasteiger partial charge >= 0.3 is 0 Å². The van der Waals surface area contributed by atoms with Crippen molar-refractivity contribution in [2.45, 2.75) is 13.1 Å². The number of hydrazine groups is 1. The van der Waals surface area contributed by atoms with Gasteiger partial charge in [0.15, 0.2) is 0 Å². The second-order valence-corrected chi connectivity index (χ2v) is 7.65. The number of anilines is 2. The minimum absolute atomic E-state index is 0.479. The van der Waals surface area contributed by atoms with Gasteiger partial charge in [0.1, 0.15) is 11.7 Å². The van der Waals surface area contributed by atoms with E-state index in [1.165, 1.54) is 0 Å². The molecule has 0 aliphatic heterocycles. The normalized spacial score (nSPS) is 11.3. The highest BCUT2D eigenvalue weighted by Crippen LogP contribution is 2.14. The largest absolute Gasteiger partial charge is 0.398 e. The summed E-state index contributed by atoms with van der Waals surface area (Å²) in [7, 11) is 0. The van der Waals surface area contributed by atoms with Crippen LogP contribution in [0.1, 0.15) is 22.3 Å². The Morgan fingerprint density at radius 1 is 0.571 bits per heavy atom. The molecule has 9 N–H and O–H groups in total. The molecule has 0 saturated carbocycles. The van der Waals surface area contributed by atoms with Crippen LogP contribution in [-0.2, 0) is 13.1 Å². The average molecular weight is 466 g/mol. The molecule has 0 aromatic heterocycles. The number of hydrogen-bond donors (Lipinski definition) is 5. The molecule has 7 nitrogen and oxygen atoms in total. The molecule has 7 heteroatoms. The lowest BCUT2D eigenvalue weighted by molar-refractivity contribution is 1.06. The van der Waals surface area contributed by atoms with Crippen LogP contribution in [0.15, 0.2) is 119 Å². The fourth-order valence-electron chi connectivity index (χ4n) is 3.25. The van der Waals surface area contributed by atoms with E-state index in [2.05, 4.69) is 15.4 Å². The van der Waals surface area contributed by atoms with Crippen molar-refractivity contribution < 1.29 is 0 Å². The summed E-state index contributed by atoms with van der Waals surface area (Å²) in [5.74, 6) is 6.39. The molecule has 4 rings (SSSR count). The molecule has 35 heavy (non-hydrogen) atoms. The van der Waals surface area contributed by atoms with E-state index in [4.69, 9.17) is 23.0 Å². The van der Waals surface area contributed by atoms with Gasteiger partial charge in [-0.15, -0.1) is 0 Å². The van der Waals surface area contributed by atoms with E-state index >= 15 is 0 Å². The Kier molecular flexibility index (Phi) is 9.42. The van der Waals surface area contributed by atoms with Gasteiger partial charge in [0.25, 0.3) is 0 Å². The summed E-state index contributed by atoms with van der Waals surface area (Å²) >= 11 is 0. The number of aliphatic imine (C=N–C) groups is 2. The van der Waals surface area contributed by atoms with E-state index in [1.807, 2.05) is 109 Å². The highest BCUT2D eigenvalue weighted by Gasteiger charge is 2.04. The van der Waals surface area contributed by atoms with Crippen LogP contribution in [0.3, 0.4) is 0 Å². The molecule has 4 aromatic rings. The lowest BCUT2D eigenvalue weighted by Gasteiger charge is -2.07. The summed E-state index contributed by atoms with van der Waals surface area (Å²) in [6, 6.07) is 35.0. The molecule has 0 saturated heterocycles. The number of para-hydroxylation sites is 2. The summed E-state index contributed by atoms with van der Waals surface area (Å²) in [4.78, 5) is 8.71. The molecule has 0 atom stereocenters. The van der Waals surface area contributed by atoms with Crippen molar-refractivity contribution >= 4 is 23.0 Å². The lowest BCUT2D eigenvalue weighted by atomic mass is 10.1. The molecular formula is C28H31N7. The number of rotatable bonds is 7. The molecule has 178 valence electrons. The predicted octanol–water partition coefficient (Wildman–Crippen LogP) is 4.05. The molecule has 0 fully saturated rings. The Labute approximate surface area is 206 Å². The molecule has 0 aliphatic rings. The van der Waals surface area contributed by atoms with E-state index in [0.717, 1.165) is 27.9 Å². The van der Waals surface area contributed by atoms with Crippen LogP contribution in [0, 0.1) is 0 Å². The van der Waals surface area contributed by atoms with Gasteiger partial charge in [0.05, 0.1) is 18.8 Å². The summed E-state index contributed by atoms with van der Waals surface area (Å²) in [6.07, 6.45) is 0. The first-order valence-electron chi connectivity index (χ1n) is 11.2. The third-order valence-corrected chi connectivity index (χ3v) is 5.14. The quantitative estimate of drug-likeness (QED) is 0.0920. The number of nitrogens with one attached hydrogen (secondary N) is 1. The average Bonchev–Trinajstić information content (AvgIpc) is 2.92. The lowest BCUT2D eigenvalue weighted by Crippen LogP contribution is -2.18. The molecule has 0 spiro atoms. The first-order chi connectivity index (χ1) is 17.1. The van der Waals surface area contributed by atoms with Gasteiger partial charge in [-0.3, -0.25) is 15.8 Å². The fraction of sp³-hybridized carbons (Fsp3) is 0.0714. The van der Waals surface area contributed by atoms with Crippen molar-refractivity contribution in [2.24, 2.45) is 27.3 Å². The zero-order valence-corrected chi connectivity index (χ0v) is 19.5. The molecule has 0 radical (unpaired) electrons. The maximum absolute atomic E-state index is 5.97. The first-order valence-corrected chi connectivity index (χ1v) is 11.2. The van der Waals surface area contributed by atoms with Crippen LogP contribution >= 0.6 is 0 Å². The van der Waals surface area contributed by atoms with Gasteiger partial charge in [-0.05, 0) is 35.4 Å². The Morgan fingerprint density at radius 2 is 1.00 bits per heavy atom. The van der Waals surface area contributed by atoms with Crippen molar-refractivity contribution in [3.63, 3.8) is 0 Å². The molecule has 0 heterocycles. The molecule has 0 aliphatic carbocycles. The van der Waals surface area contributed by atoms with Crippen molar-refractivity contribution in [2.75, 3.05) is 11.2 Å². The zero-order chi connectivity index (χ0) is 24.9. The van der Waals surface area contributed by atoms with E-state index in [0.29, 0.717) is 30.4 Å². The van der Waals surface area contributed by atoms with E-state index in [-0.39, 0.29) is 0 Å². The van der Waals surface area contributed by atoms with Crippen molar-refractivity contribution in [3.05, 3.63) is 131 Å². The predicted molar refractivity (Wildman–Crippen MR) is 147 cm³/mol. The summed E-state index contributed by atoms with van der Waals surface area (Å²) < 4.78 is 0. The minimum atomic E-state index is 0.479. The Bertz CT molecular complexity index is 1250. The monoisotopic (exact) mass is 465 g/mol. The van der Waals surface area contributed by atoms with Crippen LogP contribution in [-0.4, -0.2) is 11.7 Å². The number of nitrogen functional groups attached to an aromatic ring is 2. The van der Waals surface area contributed by atoms with Crippen LogP contribution < -0.4 is 28.5 Å². The van der Waals surface area contributed by atoms with Gasteiger partial charge in [-0.25, -0.2) is 0 Å². The zero-order valence-electron chi connectivity index (χ0n) is 19.5. The molecule has 0 amide bonds. The van der Waals surface area contributed by atoms with Crippen molar-refractivity contribution in [1.82, 2.24) is 0 Å². The first kappa shape index (κ1) is 25.0. The van der Waals surface area contributed by atoms with Crippen molar-refractivity contribution in [3.8, 4) is 0 Å². The van der Waals surface area contributed by atoms with Gasteiger partial charge in [-0.2, -0.15) is 0 Å². The van der Waals surface area contributed by atoms with Gasteiger partial charge < -0.3 is 22.6 Å². The maximum Gasteiger partial charge on any atom is 0.128 e. The number of amidine groups is 2. The third kappa shape index (κ3) is 7.73. The van der Waals surface area contributed by atoms with E-state index < -0.39 is 0 Å². The third-order valence-electron chi connectivity index (χ3n) is 5.14. The summed E-state index contributed by atoms with van der Waals surface area (Å²) in [5, 5.41) is 0. The van der Waals surface area contributed by atoms with E-state index in [9.17, 15) is 0 Å². The topological polar surface area (TPSA) is 141 Å². The van der Waals surface area contributed by atoms with Crippen LogP contribution in [0.2, 0.25) is 0 Å². The van der Waals surface area contributed by atoms with Crippen LogP contribution in [0.5, 0.6) is 0 Å². The second-order valence-electron chi connectivity index (χ2n) is 7.65. The molecule has 0 bridgehead atoms. The minimum Gasteiger partial charge on any atom is -0.398 e. The smallest absolute Gasteiger partial charge is 0.128 e. The second kappa shape index (κ2) is 13.2. The number of hydrogen-bond acceptors (Lipinski definition) is 5. The molecule has 0 unspecified atom stereocenters. The standard InChI is InChI=1S/C14H16N4.C14H15N3/c15-14(12-8-4-5-9-13(12)18-16)17-10-11-6-2-1-3-7-11;15-13-9-5-4-8-12(13)14(16)17-10-11-6-2-1-3-7-11/h1-9,18H,10,16H2,(H2,15,17);1-9H,10,15H2,(H2,16,17). The number of nitrogens with two attached hydrogens (primary N) is 4. The molecular weight excluding hydrogens is 434 g/mol. The Hall–Kier alpha value is -4.62. The van der Waals surface area contributed by atoms with Gasteiger partial charge in [-0.1, -0.05) is 84.9 Å². The van der Waals surface area contributed by atoms with Crippen LogP contribution in [0.4, 0.5) is 11.4 Å². The van der Waals surface area contributed by atoms with Crippen molar-refractivity contribution in [1.29, 1.82) is 0 Å². The SMILES string of the molecule is NC(=NCc1ccccc1)c1ccccc1N.NNc1ccccc1C(N)=NCc1ccccc1. The maximum atomic E-state index is 5.97. The highest BCUT2D eigenvalue weighted by atomic mass is 15.2. The molecule has 4 aromatic carbocycles. The van der Waals surface area contributed by atoms with Gasteiger partial charge in [0.2, 0.25) is 0 Å². The number of nitrogens with zero attached hydrogens (tertiary/aromatic N) is 2. The summed E-state index contributed by atoms with van der Waals surface area (Å²) in [6.45, 7) is 1.13. The van der Waals surface area contributed by atoms with Crippen LogP contribution in [0.25, 0.3) is 0 Å². The highest BCUT2D eigenvalue weighted by molar-refractivity contribution is 6.02. The fourth-order valence-corrected chi connectivity index (χ4v) is 3.25. The van der Waals surface area contributed by atoms with Gasteiger partial charge in [0, 0.05) is 16.8 Å². The summed E-state index contributed by atoms with van der Waals surface area (Å²) in [5.41, 5.74) is 25.6. The Morgan fingerprint density at radius 3 is 1.51 bits per heavy atom.